The standard InChI is InChI=1S/C20H15F2NO7/c1-27-15-4-2-3-11-9-14(19(26)30-17(11)15)18(25)28-10-16(24)23-12-5-7-13(8-6-12)29-20(21)22/h2-9,20H,10H2,1H3,(H,23,24). The minimum atomic E-state index is -2.96. The molecule has 3 rings (SSSR count). The van der Waals surface area contributed by atoms with Crippen molar-refractivity contribution < 1.29 is 37.0 Å². The summed E-state index contributed by atoms with van der Waals surface area (Å²) in [5.41, 5.74) is -0.863. The van der Waals surface area contributed by atoms with Gasteiger partial charge in [-0.15, -0.1) is 0 Å². The number of hydrogen-bond acceptors (Lipinski definition) is 7. The van der Waals surface area contributed by atoms with E-state index >= 15 is 0 Å². The van der Waals surface area contributed by atoms with Crippen LogP contribution >= 0.6 is 0 Å². The predicted octanol–water partition coefficient (Wildman–Crippen LogP) is 3.20. The van der Waals surface area contributed by atoms with Gasteiger partial charge < -0.3 is 23.9 Å². The van der Waals surface area contributed by atoms with Crippen LogP contribution in [0.3, 0.4) is 0 Å². The molecule has 3 aromatic rings. The number of hydrogen-bond donors (Lipinski definition) is 1. The second-order valence-corrected chi connectivity index (χ2v) is 5.85. The summed E-state index contributed by atoms with van der Waals surface area (Å²) in [6.07, 6.45) is 0. The van der Waals surface area contributed by atoms with Crippen molar-refractivity contribution in [3.8, 4) is 11.5 Å². The van der Waals surface area contributed by atoms with E-state index in [1.54, 1.807) is 18.2 Å². The molecule has 30 heavy (non-hydrogen) atoms. The minimum Gasteiger partial charge on any atom is -0.493 e. The maximum absolute atomic E-state index is 12.2. The zero-order chi connectivity index (χ0) is 21.7. The molecule has 0 aliphatic carbocycles. The lowest BCUT2D eigenvalue weighted by molar-refractivity contribution is -0.119. The van der Waals surface area contributed by atoms with Gasteiger partial charge in [-0.05, 0) is 36.4 Å². The smallest absolute Gasteiger partial charge is 0.387 e. The summed E-state index contributed by atoms with van der Waals surface area (Å²) in [6.45, 7) is -3.64. The molecule has 0 spiro atoms. The Labute approximate surface area is 168 Å². The van der Waals surface area contributed by atoms with Gasteiger partial charge in [-0.3, -0.25) is 4.79 Å². The molecule has 0 unspecified atom stereocenters. The predicted molar refractivity (Wildman–Crippen MR) is 101 cm³/mol. The van der Waals surface area contributed by atoms with Crippen molar-refractivity contribution >= 4 is 28.5 Å². The summed E-state index contributed by atoms with van der Waals surface area (Å²) in [6, 6.07) is 11.3. The number of carbonyl (C=O) groups excluding carboxylic acids is 2. The Balaban J connectivity index is 1.63. The van der Waals surface area contributed by atoms with Crippen LogP contribution in [0.15, 0.2) is 57.7 Å². The van der Waals surface area contributed by atoms with Crippen molar-refractivity contribution in [2.75, 3.05) is 19.0 Å². The maximum atomic E-state index is 12.2. The van der Waals surface area contributed by atoms with Crippen molar-refractivity contribution in [2.45, 2.75) is 6.61 Å². The highest BCUT2D eigenvalue weighted by Crippen LogP contribution is 2.24. The zero-order valence-electron chi connectivity index (χ0n) is 15.5. The highest BCUT2D eigenvalue weighted by atomic mass is 19.3. The number of methoxy groups -OCH3 is 1. The number of esters is 1. The molecule has 0 saturated carbocycles. The largest absolute Gasteiger partial charge is 0.493 e. The van der Waals surface area contributed by atoms with Crippen LogP contribution in [-0.2, 0) is 9.53 Å². The molecule has 10 heteroatoms. The third-order valence-electron chi connectivity index (χ3n) is 3.86. The first-order chi connectivity index (χ1) is 14.4. The van der Waals surface area contributed by atoms with Crippen LogP contribution in [0.2, 0.25) is 0 Å². The lowest BCUT2D eigenvalue weighted by atomic mass is 10.2. The molecule has 0 saturated heterocycles. The number of nitrogens with one attached hydrogen (secondary N) is 1. The van der Waals surface area contributed by atoms with E-state index in [1.807, 2.05) is 0 Å². The van der Waals surface area contributed by atoms with Gasteiger partial charge in [0.1, 0.15) is 11.3 Å². The van der Waals surface area contributed by atoms with E-state index in [4.69, 9.17) is 13.9 Å². The van der Waals surface area contributed by atoms with Gasteiger partial charge in [-0.25, -0.2) is 9.59 Å². The summed E-state index contributed by atoms with van der Waals surface area (Å²) in [4.78, 5) is 36.2. The molecule has 1 amide bonds. The topological polar surface area (TPSA) is 104 Å². The number of benzene rings is 2. The molecule has 2 aromatic carbocycles. The molecule has 1 N–H and O–H groups in total. The van der Waals surface area contributed by atoms with Crippen molar-refractivity contribution in [2.24, 2.45) is 0 Å². The zero-order valence-corrected chi connectivity index (χ0v) is 15.5. The van der Waals surface area contributed by atoms with Gasteiger partial charge in [-0.2, -0.15) is 8.78 Å². The van der Waals surface area contributed by atoms with Crippen LogP contribution in [0.4, 0.5) is 14.5 Å². The summed E-state index contributed by atoms with van der Waals surface area (Å²) >= 11 is 0. The Morgan fingerprint density at radius 3 is 2.53 bits per heavy atom. The quantitative estimate of drug-likeness (QED) is 0.463. The summed E-state index contributed by atoms with van der Waals surface area (Å²) < 4.78 is 43.5. The van der Waals surface area contributed by atoms with Gasteiger partial charge in [0, 0.05) is 11.1 Å². The molecule has 0 atom stereocenters. The Bertz CT molecular complexity index is 1130. The third kappa shape index (κ3) is 4.90. The van der Waals surface area contributed by atoms with E-state index in [1.165, 1.54) is 37.4 Å². The maximum Gasteiger partial charge on any atom is 0.387 e. The van der Waals surface area contributed by atoms with Crippen molar-refractivity contribution in [1.82, 2.24) is 0 Å². The van der Waals surface area contributed by atoms with E-state index < -0.39 is 30.7 Å². The fourth-order valence-electron chi connectivity index (χ4n) is 2.55. The monoisotopic (exact) mass is 419 g/mol. The van der Waals surface area contributed by atoms with E-state index in [2.05, 4.69) is 10.1 Å². The van der Waals surface area contributed by atoms with E-state index in [0.717, 1.165) is 0 Å². The second-order valence-electron chi connectivity index (χ2n) is 5.85. The SMILES string of the molecule is COc1cccc2cc(C(=O)OCC(=O)Nc3ccc(OC(F)F)cc3)c(=O)oc12. The third-order valence-corrected chi connectivity index (χ3v) is 3.86. The lowest BCUT2D eigenvalue weighted by Crippen LogP contribution is -2.23. The van der Waals surface area contributed by atoms with Gasteiger partial charge >= 0.3 is 18.2 Å². The average Bonchev–Trinajstić information content (AvgIpc) is 2.72. The number of fused-ring (bicyclic) bond motifs is 1. The number of amides is 1. The van der Waals surface area contributed by atoms with Crippen LogP contribution in [0.25, 0.3) is 11.0 Å². The number of carbonyl (C=O) groups is 2. The van der Waals surface area contributed by atoms with Crippen molar-refractivity contribution in [3.05, 3.63) is 64.5 Å². The first-order valence-corrected chi connectivity index (χ1v) is 8.50. The molecular weight excluding hydrogens is 404 g/mol. The molecule has 156 valence electrons. The first-order valence-electron chi connectivity index (χ1n) is 8.50. The van der Waals surface area contributed by atoms with Crippen LogP contribution in [-0.4, -0.2) is 32.2 Å². The molecular formula is C20H15F2NO7. The molecule has 0 fully saturated rings. The number of alkyl halides is 2. The number of anilines is 1. The van der Waals surface area contributed by atoms with Crippen LogP contribution < -0.4 is 20.4 Å². The molecule has 0 aliphatic rings. The Kier molecular flexibility index (Phi) is 6.26. The summed E-state index contributed by atoms with van der Waals surface area (Å²) in [5, 5.41) is 2.85. The Morgan fingerprint density at radius 1 is 1.13 bits per heavy atom. The summed E-state index contributed by atoms with van der Waals surface area (Å²) in [5.74, 6) is -1.48. The highest BCUT2D eigenvalue weighted by Gasteiger charge is 2.18. The van der Waals surface area contributed by atoms with Gasteiger partial charge in [-0.1, -0.05) is 12.1 Å². The highest BCUT2D eigenvalue weighted by molar-refractivity contribution is 5.97. The number of rotatable bonds is 7. The normalized spacial score (nSPS) is 10.7. The van der Waals surface area contributed by atoms with E-state index in [-0.39, 0.29) is 22.6 Å². The first kappa shape index (κ1) is 20.8. The molecule has 0 bridgehead atoms. The van der Waals surface area contributed by atoms with Crippen molar-refractivity contribution in [3.63, 3.8) is 0 Å². The van der Waals surface area contributed by atoms with Crippen LogP contribution in [0.1, 0.15) is 10.4 Å². The average molecular weight is 419 g/mol. The number of halogens is 2. The van der Waals surface area contributed by atoms with Gasteiger partial charge in [0.15, 0.2) is 17.9 Å². The molecule has 8 nitrogen and oxygen atoms in total. The molecule has 0 radical (unpaired) electrons. The van der Waals surface area contributed by atoms with Crippen LogP contribution in [0.5, 0.6) is 11.5 Å². The minimum absolute atomic E-state index is 0.0749. The van der Waals surface area contributed by atoms with Gasteiger partial charge in [0.2, 0.25) is 0 Å². The Morgan fingerprint density at radius 2 is 1.87 bits per heavy atom. The van der Waals surface area contributed by atoms with E-state index in [0.29, 0.717) is 11.1 Å². The second kappa shape index (κ2) is 9.03. The lowest BCUT2D eigenvalue weighted by Gasteiger charge is -2.08. The van der Waals surface area contributed by atoms with E-state index in [9.17, 15) is 23.2 Å². The van der Waals surface area contributed by atoms with Crippen LogP contribution in [0, 0.1) is 0 Å². The molecule has 0 aliphatic heterocycles. The van der Waals surface area contributed by atoms with Crippen molar-refractivity contribution in [1.29, 1.82) is 0 Å². The summed E-state index contributed by atoms with van der Waals surface area (Å²) in [7, 11) is 1.41. The fourth-order valence-corrected chi connectivity index (χ4v) is 2.55. The fraction of sp³-hybridized carbons (Fsp3) is 0.150. The Hall–Kier alpha value is -3.95. The molecule has 1 heterocycles. The molecule has 1 aromatic heterocycles. The number of ether oxygens (including phenoxy) is 3. The van der Waals surface area contributed by atoms with Gasteiger partial charge in [0.25, 0.3) is 5.91 Å². The van der Waals surface area contributed by atoms with Gasteiger partial charge in [0.05, 0.1) is 7.11 Å². The number of para-hydroxylation sites is 1.